The van der Waals surface area contributed by atoms with Gasteiger partial charge in [0.2, 0.25) is 5.91 Å². The van der Waals surface area contributed by atoms with Crippen LogP contribution in [0.2, 0.25) is 0 Å². The zero-order valence-electron chi connectivity index (χ0n) is 11.5. The lowest BCUT2D eigenvalue weighted by Gasteiger charge is -2.45. The average Bonchev–Trinajstić information content (AvgIpc) is 2.46. The molecule has 0 radical (unpaired) electrons. The van der Waals surface area contributed by atoms with E-state index in [0.717, 1.165) is 12.8 Å². The molecule has 1 heterocycles. The van der Waals surface area contributed by atoms with E-state index >= 15 is 0 Å². The summed E-state index contributed by atoms with van der Waals surface area (Å²) >= 11 is 0. The van der Waals surface area contributed by atoms with Crippen LogP contribution in [0.15, 0.2) is 12.7 Å². The molecule has 0 aromatic rings. The molecule has 0 saturated carbocycles. The Labute approximate surface area is 105 Å². The number of likely N-dealkylation sites (tertiary alicyclic amines) is 1. The van der Waals surface area contributed by atoms with Crippen LogP contribution in [0.1, 0.15) is 47.0 Å². The van der Waals surface area contributed by atoms with Crippen LogP contribution >= 0.6 is 0 Å². The Morgan fingerprint density at radius 1 is 1.59 bits per heavy atom. The summed E-state index contributed by atoms with van der Waals surface area (Å²) in [5.74, 6) is 0.156. The van der Waals surface area contributed by atoms with Crippen molar-refractivity contribution in [2.24, 2.45) is 5.41 Å². The van der Waals surface area contributed by atoms with E-state index in [0.29, 0.717) is 6.42 Å². The molecule has 1 aliphatic heterocycles. The fourth-order valence-electron chi connectivity index (χ4n) is 2.72. The predicted molar refractivity (Wildman–Crippen MR) is 69.6 cm³/mol. The van der Waals surface area contributed by atoms with Crippen LogP contribution in [0.25, 0.3) is 0 Å². The van der Waals surface area contributed by atoms with E-state index in [1.165, 1.54) is 0 Å². The maximum Gasteiger partial charge on any atom is 0.223 e. The molecule has 0 unspecified atom stereocenters. The molecule has 1 saturated heterocycles. The van der Waals surface area contributed by atoms with Crippen LogP contribution in [0.4, 0.5) is 0 Å². The largest absolute Gasteiger partial charge is 0.394 e. The summed E-state index contributed by atoms with van der Waals surface area (Å²) in [6.45, 7) is 12.1. The standard InChI is InChI=1S/C14H25NO2/c1-6-8-14(5)9-7-12(17)15(14)11(10-16)13(2,3)4/h6,11,16H,1,7-10H2,2-5H3/t11-,14-/m0/s1. The highest BCUT2D eigenvalue weighted by Gasteiger charge is 2.47. The Hall–Kier alpha value is -0.830. The zero-order chi connectivity index (χ0) is 13.3. The highest BCUT2D eigenvalue weighted by Crippen LogP contribution is 2.39. The second kappa shape index (κ2) is 4.81. The summed E-state index contributed by atoms with van der Waals surface area (Å²) in [6.07, 6.45) is 4.08. The van der Waals surface area contributed by atoms with Crippen molar-refractivity contribution in [3.05, 3.63) is 12.7 Å². The molecule has 17 heavy (non-hydrogen) atoms. The van der Waals surface area contributed by atoms with E-state index in [9.17, 15) is 9.90 Å². The number of aliphatic hydroxyl groups excluding tert-OH is 1. The first kappa shape index (κ1) is 14.2. The van der Waals surface area contributed by atoms with Gasteiger partial charge in [0.15, 0.2) is 0 Å². The summed E-state index contributed by atoms with van der Waals surface area (Å²) in [6, 6.07) is -0.123. The Morgan fingerprint density at radius 2 is 2.18 bits per heavy atom. The Morgan fingerprint density at radius 3 is 2.59 bits per heavy atom. The molecule has 98 valence electrons. The molecule has 3 nitrogen and oxygen atoms in total. The fraction of sp³-hybridized carbons (Fsp3) is 0.786. The predicted octanol–water partition coefficient (Wildman–Crippen LogP) is 2.35. The van der Waals surface area contributed by atoms with Crippen molar-refractivity contribution in [1.82, 2.24) is 4.90 Å². The summed E-state index contributed by atoms with van der Waals surface area (Å²) in [5.41, 5.74) is -0.295. The first-order chi connectivity index (χ1) is 7.76. The van der Waals surface area contributed by atoms with Gasteiger partial charge in [-0.3, -0.25) is 4.79 Å². The van der Waals surface area contributed by atoms with Crippen molar-refractivity contribution >= 4 is 5.91 Å². The van der Waals surface area contributed by atoms with Gasteiger partial charge in [0.05, 0.1) is 12.6 Å². The first-order valence-corrected chi connectivity index (χ1v) is 6.30. The van der Waals surface area contributed by atoms with Crippen LogP contribution in [-0.4, -0.2) is 34.1 Å². The molecule has 1 fully saturated rings. The van der Waals surface area contributed by atoms with Gasteiger partial charge in [-0.1, -0.05) is 26.8 Å². The van der Waals surface area contributed by atoms with Gasteiger partial charge in [0.1, 0.15) is 0 Å². The molecule has 1 N–H and O–H groups in total. The first-order valence-electron chi connectivity index (χ1n) is 6.30. The van der Waals surface area contributed by atoms with E-state index < -0.39 is 0 Å². The number of hydrogen-bond donors (Lipinski definition) is 1. The van der Waals surface area contributed by atoms with Crippen LogP contribution < -0.4 is 0 Å². The van der Waals surface area contributed by atoms with E-state index in [1.807, 2.05) is 11.0 Å². The second-order valence-corrected chi connectivity index (χ2v) is 6.32. The van der Waals surface area contributed by atoms with Crippen molar-refractivity contribution in [1.29, 1.82) is 0 Å². The van der Waals surface area contributed by atoms with Crippen LogP contribution in [-0.2, 0) is 4.79 Å². The second-order valence-electron chi connectivity index (χ2n) is 6.32. The molecule has 1 rings (SSSR count). The Kier molecular flexibility index (Phi) is 4.03. The van der Waals surface area contributed by atoms with Crippen molar-refractivity contribution in [3.8, 4) is 0 Å². The summed E-state index contributed by atoms with van der Waals surface area (Å²) < 4.78 is 0. The van der Waals surface area contributed by atoms with Gasteiger partial charge in [-0.15, -0.1) is 6.58 Å². The molecule has 3 heteroatoms. The maximum absolute atomic E-state index is 12.1. The lowest BCUT2D eigenvalue weighted by atomic mass is 9.83. The number of carbonyl (C=O) groups is 1. The molecule has 0 spiro atoms. The normalized spacial score (nSPS) is 27.4. The van der Waals surface area contributed by atoms with E-state index in [4.69, 9.17) is 0 Å². The van der Waals surface area contributed by atoms with Crippen LogP contribution in [0, 0.1) is 5.41 Å². The molecule has 1 aliphatic rings. The molecule has 2 atom stereocenters. The SMILES string of the molecule is C=CC[C@@]1(C)CCC(=O)N1[C@@H](CO)C(C)(C)C. The van der Waals surface area contributed by atoms with Gasteiger partial charge in [0.25, 0.3) is 0 Å². The summed E-state index contributed by atoms with van der Waals surface area (Å²) in [7, 11) is 0. The van der Waals surface area contributed by atoms with Crippen molar-refractivity contribution < 1.29 is 9.90 Å². The lowest BCUT2D eigenvalue weighted by Crippen LogP contribution is -2.55. The van der Waals surface area contributed by atoms with E-state index in [-0.39, 0.29) is 29.5 Å². The number of nitrogens with zero attached hydrogens (tertiary/aromatic N) is 1. The van der Waals surface area contributed by atoms with Gasteiger partial charge < -0.3 is 10.0 Å². The average molecular weight is 239 g/mol. The highest BCUT2D eigenvalue weighted by atomic mass is 16.3. The van der Waals surface area contributed by atoms with Crippen molar-refractivity contribution in [2.75, 3.05) is 6.61 Å². The summed E-state index contributed by atoms with van der Waals surface area (Å²) in [5, 5.41) is 9.62. The van der Waals surface area contributed by atoms with Gasteiger partial charge >= 0.3 is 0 Å². The smallest absolute Gasteiger partial charge is 0.223 e. The Balaban J connectivity index is 3.05. The third-order valence-electron chi connectivity index (χ3n) is 3.80. The fourth-order valence-corrected chi connectivity index (χ4v) is 2.72. The highest BCUT2D eigenvalue weighted by molar-refractivity contribution is 5.80. The third-order valence-corrected chi connectivity index (χ3v) is 3.80. The quantitative estimate of drug-likeness (QED) is 0.765. The Bertz CT molecular complexity index is 306. The number of hydrogen-bond acceptors (Lipinski definition) is 2. The van der Waals surface area contributed by atoms with E-state index in [2.05, 4.69) is 34.3 Å². The minimum absolute atomic E-state index is 0.0158. The molecular formula is C14H25NO2. The monoisotopic (exact) mass is 239 g/mol. The summed E-state index contributed by atoms with van der Waals surface area (Å²) in [4.78, 5) is 14.0. The van der Waals surface area contributed by atoms with Crippen LogP contribution in [0.3, 0.4) is 0 Å². The van der Waals surface area contributed by atoms with E-state index in [1.54, 1.807) is 0 Å². The number of amides is 1. The lowest BCUT2D eigenvalue weighted by molar-refractivity contribution is -0.138. The molecule has 0 aliphatic carbocycles. The molecule has 1 amide bonds. The van der Waals surface area contributed by atoms with Gasteiger partial charge in [-0.2, -0.15) is 0 Å². The van der Waals surface area contributed by atoms with Gasteiger partial charge in [0, 0.05) is 12.0 Å². The van der Waals surface area contributed by atoms with Crippen molar-refractivity contribution in [3.63, 3.8) is 0 Å². The minimum Gasteiger partial charge on any atom is -0.394 e. The topological polar surface area (TPSA) is 40.5 Å². The van der Waals surface area contributed by atoms with Crippen molar-refractivity contribution in [2.45, 2.75) is 58.5 Å². The molecule has 0 aromatic carbocycles. The number of aliphatic hydroxyl groups is 1. The zero-order valence-corrected chi connectivity index (χ0v) is 11.5. The molecule has 0 aromatic heterocycles. The van der Waals surface area contributed by atoms with Crippen LogP contribution in [0.5, 0.6) is 0 Å². The number of carbonyl (C=O) groups excluding carboxylic acids is 1. The maximum atomic E-state index is 12.1. The van der Waals surface area contributed by atoms with Gasteiger partial charge in [-0.25, -0.2) is 0 Å². The number of rotatable bonds is 4. The minimum atomic E-state index is -0.181. The van der Waals surface area contributed by atoms with Gasteiger partial charge in [-0.05, 0) is 25.2 Å². The third kappa shape index (κ3) is 2.71. The molecular weight excluding hydrogens is 214 g/mol. The molecule has 0 bridgehead atoms.